The zero-order valence-electron chi connectivity index (χ0n) is 16.7. The van der Waals surface area contributed by atoms with Crippen molar-refractivity contribution in [3.8, 4) is 5.75 Å². The molecule has 7 nitrogen and oxygen atoms in total. The van der Waals surface area contributed by atoms with Crippen molar-refractivity contribution in [2.24, 2.45) is 10.9 Å². The number of carbonyl (C=O) groups is 1. The number of hydrogen-bond donors (Lipinski definition) is 1. The fourth-order valence-corrected chi connectivity index (χ4v) is 2.64. The molecule has 1 fully saturated rings. The fourth-order valence-electron chi connectivity index (χ4n) is 2.51. The summed E-state index contributed by atoms with van der Waals surface area (Å²) >= 11 is 5.88. The molecule has 0 saturated carbocycles. The van der Waals surface area contributed by atoms with Gasteiger partial charge in [0.2, 0.25) is 5.91 Å². The Balaban J connectivity index is 0.00000392. The van der Waals surface area contributed by atoms with Crippen molar-refractivity contribution >= 4 is 47.4 Å². The average Bonchev–Trinajstić information content (AvgIpc) is 3.16. The predicted octanol–water partition coefficient (Wildman–Crippen LogP) is 2.34. The van der Waals surface area contributed by atoms with E-state index in [0.717, 1.165) is 31.9 Å². The first-order chi connectivity index (χ1) is 13.0. The maximum Gasteiger partial charge on any atom is 0.243 e. The minimum Gasteiger partial charge on any atom is -0.492 e. The van der Waals surface area contributed by atoms with Crippen LogP contribution in [0.4, 0.5) is 0 Å². The summed E-state index contributed by atoms with van der Waals surface area (Å²) in [5, 5.41) is 4.04. The Bertz CT molecular complexity index is 622. The number of rotatable bonds is 8. The molecule has 1 heterocycles. The van der Waals surface area contributed by atoms with Crippen molar-refractivity contribution in [2.45, 2.75) is 6.42 Å². The van der Waals surface area contributed by atoms with Gasteiger partial charge in [-0.05, 0) is 30.7 Å². The van der Waals surface area contributed by atoms with Gasteiger partial charge in [0, 0.05) is 45.2 Å². The van der Waals surface area contributed by atoms with Crippen LogP contribution in [0.1, 0.15) is 6.42 Å². The second-order valence-electron chi connectivity index (χ2n) is 6.76. The van der Waals surface area contributed by atoms with E-state index < -0.39 is 0 Å². The quantitative estimate of drug-likeness (QED) is 0.321. The summed E-state index contributed by atoms with van der Waals surface area (Å²) < 4.78 is 11.2. The third kappa shape index (κ3) is 8.83. The normalized spacial score (nSPS) is 16.3. The Morgan fingerprint density at radius 3 is 2.64 bits per heavy atom. The van der Waals surface area contributed by atoms with Crippen LogP contribution in [0.3, 0.4) is 0 Å². The lowest BCUT2D eigenvalue weighted by Crippen LogP contribution is -2.43. The number of halogens is 2. The maximum absolute atomic E-state index is 11.9. The molecular formula is C19H30ClIN4O3. The Kier molecular flexibility index (Phi) is 11.6. The molecule has 1 atom stereocenters. The molecule has 0 bridgehead atoms. The molecule has 1 saturated heterocycles. The lowest BCUT2D eigenvalue weighted by molar-refractivity contribution is -0.127. The van der Waals surface area contributed by atoms with Crippen LogP contribution >= 0.6 is 35.6 Å². The average molecular weight is 525 g/mol. The fraction of sp³-hybridized carbons (Fsp3) is 0.579. The Hall–Kier alpha value is -1.26. The van der Waals surface area contributed by atoms with Gasteiger partial charge in [-0.25, -0.2) is 4.99 Å². The number of amides is 1. The molecule has 2 rings (SSSR count). The second kappa shape index (κ2) is 13.1. The number of likely N-dealkylation sites (N-methyl/N-ethyl adjacent to an activating group) is 2. The molecule has 1 aromatic rings. The summed E-state index contributed by atoms with van der Waals surface area (Å²) in [4.78, 5) is 19.8. The number of nitrogens with one attached hydrogen (secondary N) is 1. The van der Waals surface area contributed by atoms with E-state index in [1.807, 2.05) is 24.1 Å². The number of ether oxygens (including phenoxy) is 2. The minimum atomic E-state index is -0.0377. The standard InChI is InChI=1S/C19H29ClN4O3.HI/c1-23(2)18(25)13-22-19(21-12-15-8-10-26-14-15)24(3)9-11-27-17-6-4-16(20)5-7-17;/h4-7,15H,8-14H2,1-3H3,(H,21,22);1H. The van der Waals surface area contributed by atoms with Crippen molar-refractivity contribution in [2.75, 3.05) is 60.6 Å². The lowest BCUT2D eigenvalue weighted by atomic mass is 10.1. The summed E-state index contributed by atoms with van der Waals surface area (Å²) in [6, 6.07) is 7.27. The largest absolute Gasteiger partial charge is 0.492 e. The van der Waals surface area contributed by atoms with Gasteiger partial charge in [0.05, 0.1) is 13.2 Å². The van der Waals surface area contributed by atoms with Crippen molar-refractivity contribution in [3.63, 3.8) is 0 Å². The molecule has 158 valence electrons. The van der Waals surface area contributed by atoms with Crippen LogP contribution in [0.2, 0.25) is 5.02 Å². The minimum absolute atomic E-state index is 0. The Morgan fingerprint density at radius 2 is 2.04 bits per heavy atom. The van der Waals surface area contributed by atoms with E-state index in [1.54, 1.807) is 26.2 Å². The van der Waals surface area contributed by atoms with Gasteiger partial charge in [-0.1, -0.05) is 11.6 Å². The molecular weight excluding hydrogens is 495 g/mol. The number of hydrogen-bond acceptors (Lipinski definition) is 4. The van der Waals surface area contributed by atoms with Crippen LogP contribution in [-0.4, -0.2) is 82.3 Å². The predicted molar refractivity (Wildman–Crippen MR) is 123 cm³/mol. The Labute approximate surface area is 189 Å². The Morgan fingerprint density at radius 1 is 1.32 bits per heavy atom. The highest BCUT2D eigenvalue weighted by molar-refractivity contribution is 14.0. The van der Waals surface area contributed by atoms with Gasteiger partial charge in [0.15, 0.2) is 5.96 Å². The molecule has 9 heteroatoms. The van der Waals surface area contributed by atoms with Crippen molar-refractivity contribution in [1.29, 1.82) is 0 Å². The molecule has 1 N–H and O–H groups in total. The van der Waals surface area contributed by atoms with E-state index in [0.29, 0.717) is 30.1 Å². The van der Waals surface area contributed by atoms with Crippen LogP contribution in [0.25, 0.3) is 0 Å². The zero-order chi connectivity index (χ0) is 19.6. The van der Waals surface area contributed by atoms with E-state index in [2.05, 4.69) is 10.3 Å². The smallest absolute Gasteiger partial charge is 0.243 e. The van der Waals surface area contributed by atoms with Gasteiger partial charge >= 0.3 is 0 Å². The van der Waals surface area contributed by atoms with E-state index in [1.165, 1.54) is 4.90 Å². The third-order valence-electron chi connectivity index (χ3n) is 4.31. The molecule has 1 aromatic carbocycles. The molecule has 1 amide bonds. The summed E-state index contributed by atoms with van der Waals surface area (Å²) in [6.45, 7) is 3.58. The van der Waals surface area contributed by atoms with Crippen LogP contribution in [0, 0.1) is 5.92 Å². The molecule has 1 aliphatic rings. The van der Waals surface area contributed by atoms with Gasteiger partial charge in [-0.3, -0.25) is 4.79 Å². The third-order valence-corrected chi connectivity index (χ3v) is 4.56. The van der Waals surface area contributed by atoms with Gasteiger partial charge < -0.3 is 24.6 Å². The van der Waals surface area contributed by atoms with Crippen molar-refractivity contribution in [3.05, 3.63) is 29.3 Å². The molecule has 1 unspecified atom stereocenters. The summed E-state index contributed by atoms with van der Waals surface area (Å²) in [5.41, 5.74) is 0. The van der Waals surface area contributed by atoms with Crippen molar-refractivity contribution in [1.82, 2.24) is 15.1 Å². The highest BCUT2D eigenvalue weighted by Gasteiger charge is 2.17. The van der Waals surface area contributed by atoms with Gasteiger partial charge in [0.25, 0.3) is 0 Å². The molecule has 0 radical (unpaired) electrons. The number of carbonyl (C=O) groups excluding carboxylic acids is 1. The highest BCUT2D eigenvalue weighted by atomic mass is 127. The summed E-state index contributed by atoms with van der Waals surface area (Å²) in [6.07, 6.45) is 1.04. The second-order valence-corrected chi connectivity index (χ2v) is 7.20. The maximum atomic E-state index is 11.9. The molecule has 0 spiro atoms. The first-order valence-corrected chi connectivity index (χ1v) is 9.49. The number of aliphatic imine (C=N–C) groups is 1. The molecule has 1 aliphatic heterocycles. The van der Waals surface area contributed by atoms with Gasteiger partial charge in [0.1, 0.15) is 18.9 Å². The van der Waals surface area contributed by atoms with E-state index in [9.17, 15) is 4.79 Å². The molecule has 28 heavy (non-hydrogen) atoms. The monoisotopic (exact) mass is 524 g/mol. The summed E-state index contributed by atoms with van der Waals surface area (Å²) in [5.74, 6) is 1.89. The van der Waals surface area contributed by atoms with Gasteiger partial charge in [-0.2, -0.15) is 0 Å². The highest BCUT2D eigenvalue weighted by Crippen LogP contribution is 2.15. The number of nitrogens with zero attached hydrogens (tertiary/aromatic N) is 3. The van der Waals surface area contributed by atoms with Gasteiger partial charge in [-0.15, -0.1) is 24.0 Å². The van der Waals surface area contributed by atoms with Crippen LogP contribution in [-0.2, 0) is 9.53 Å². The van der Waals surface area contributed by atoms with Crippen molar-refractivity contribution < 1.29 is 14.3 Å². The summed E-state index contributed by atoms with van der Waals surface area (Å²) in [7, 11) is 5.39. The molecule has 0 aromatic heterocycles. The number of guanidine groups is 1. The first-order valence-electron chi connectivity index (χ1n) is 9.11. The van der Waals surface area contributed by atoms with Crippen LogP contribution in [0.5, 0.6) is 5.75 Å². The zero-order valence-corrected chi connectivity index (χ0v) is 19.8. The van der Waals surface area contributed by atoms with Crippen LogP contribution in [0.15, 0.2) is 29.3 Å². The first kappa shape index (κ1) is 24.8. The van der Waals surface area contributed by atoms with Crippen LogP contribution < -0.4 is 10.1 Å². The van der Waals surface area contributed by atoms with E-state index in [-0.39, 0.29) is 36.4 Å². The topological polar surface area (TPSA) is 66.4 Å². The van der Waals surface area contributed by atoms with E-state index >= 15 is 0 Å². The number of benzene rings is 1. The lowest BCUT2D eigenvalue weighted by Gasteiger charge is -2.24. The SMILES string of the molecule is CN(C)C(=O)CN=C(NCC1CCOC1)N(C)CCOc1ccc(Cl)cc1.I. The molecule has 0 aliphatic carbocycles. The van der Waals surface area contributed by atoms with E-state index in [4.69, 9.17) is 21.1 Å².